The molecule has 0 radical (unpaired) electrons. The Morgan fingerprint density at radius 2 is 1.80 bits per heavy atom. The normalized spacial score (nSPS) is 17.4. The fourth-order valence-corrected chi connectivity index (χ4v) is 1.03. The summed E-state index contributed by atoms with van der Waals surface area (Å²) in [4.78, 5) is 0. The number of hydrogen-bond acceptors (Lipinski definition) is 2. The summed E-state index contributed by atoms with van der Waals surface area (Å²) in [7, 11) is 0. The van der Waals surface area contributed by atoms with Crippen molar-refractivity contribution >= 4 is 0 Å². The molecule has 0 unspecified atom stereocenters. The van der Waals surface area contributed by atoms with Crippen LogP contribution < -0.4 is 5.32 Å². The summed E-state index contributed by atoms with van der Waals surface area (Å²) in [5.41, 5.74) is 0. The molecule has 0 aliphatic rings. The third-order valence-electron chi connectivity index (χ3n) is 1.57. The summed E-state index contributed by atoms with van der Waals surface area (Å²) < 4.78 is 0. The summed E-state index contributed by atoms with van der Waals surface area (Å²) in [6, 6.07) is 0.708. The molecule has 62 valence electrons. The van der Waals surface area contributed by atoms with Gasteiger partial charge in [-0.1, -0.05) is 20.8 Å². The first-order chi connectivity index (χ1) is 4.57. The van der Waals surface area contributed by atoms with E-state index < -0.39 is 0 Å². The molecule has 0 aliphatic heterocycles. The predicted octanol–water partition coefficient (Wildman–Crippen LogP) is 1.14. The van der Waals surface area contributed by atoms with Crippen molar-refractivity contribution < 1.29 is 5.11 Å². The molecule has 2 atom stereocenters. The lowest BCUT2D eigenvalue weighted by Crippen LogP contribution is -2.41. The van der Waals surface area contributed by atoms with Crippen LogP contribution in [-0.4, -0.2) is 23.3 Å². The average molecular weight is 145 g/mol. The van der Waals surface area contributed by atoms with Gasteiger partial charge < -0.3 is 10.4 Å². The molecule has 0 amide bonds. The number of aliphatic hydroxyl groups excluding tert-OH is 1. The standard InChI is InChI=1S/C8H19NO/c1-5-8(7(4)10)9-6(2)3/h6-10H,5H2,1-4H3/t7-,8-/m1/s1. The zero-order valence-electron chi connectivity index (χ0n) is 7.39. The number of nitrogens with one attached hydrogen (secondary N) is 1. The van der Waals surface area contributed by atoms with Gasteiger partial charge in [0.05, 0.1) is 6.10 Å². The van der Waals surface area contributed by atoms with E-state index in [1.54, 1.807) is 0 Å². The van der Waals surface area contributed by atoms with Crippen LogP contribution in [0.4, 0.5) is 0 Å². The SMILES string of the molecule is CC[C@@H](NC(C)C)[C@@H](C)O. The van der Waals surface area contributed by atoms with Crippen LogP contribution in [0.5, 0.6) is 0 Å². The molecule has 0 spiro atoms. The fraction of sp³-hybridized carbons (Fsp3) is 1.00. The molecule has 2 heteroatoms. The lowest BCUT2D eigenvalue weighted by atomic mass is 10.1. The Balaban J connectivity index is 3.60. The minimum absolute atomic E-state index is 0.243. The highest BCUT2D eigenvalue weighted by atomic mass is 16.3. The zero-order valence-corrected chi connectivity index (χ0v) is 7.39. The highest BCUT2D eigenvalue weighted by molar-refractivity contribution is 4.72. The maximum Gasteiger partial charge on any atom is 0.0665 e. The molecular weight excluding hydrogens is 126 g/mol. The highest BCUT2D eigenvalue weighted by Gasteiger charge is 2.11. The topological polar surface area (TPSA) is 32.3 Å². The molecule has 10 heavy (non-hydrogen) atoms. The second-order valence-corrected chi connectivity index (χ2v) is 3.08. The first-order valence-electron chi connectivity index (χ1n) is 4.02. The van der Waals surface area contributed by atoms with Crippen LogP contribution >= 0.6 is 0 Å². The highest BCUT2D eigenvalue weighted by Crippen LogP contribution is 1.98. The Kier molecular flexibility index (Phi) is 4.65. The summed E-state index contributed by atoms with van der Waals surface area (Å²) in [5, 5.41) is 12.5. The molecule has 2 nitrogen and oxygen atoms in total. The van der Waals surface area contributed by atoms with E-state index in [4.69, 9.17) is 0 Å². The maximum absolute atomic E-state index is 9.20. The van der Waals surface area contributed by atoms with Gasteiger partial charge in [0.25, 0.3) is 0 Å². The van der Waals surface area contributed by atoms with Gasteiger partial charge in [0.1, 0.15) is 0 Å². The molecular formula is C8H19NO. The van der Waals surface area contributed by atoms with Crippen LogP contribution in [0.15, 0.2) is 0 Å². The van der Waals surface area contributed by atoms with Crippen molar-refractivity contribution in [1.29, 1.82) is 0 Å². The van der Waals surface area contributed by atoms with Gasteiger partial charge in [-0.2, -0.15) is 0 Å². The van der Waals surface area contributed by atoms with E-state index in [0.29, 0.717) is 6.04 Å². The van der Waals surface area contributed by atoms with Gasteiger partial charge in [-0.05, 0) is 13.3 Å². The zero-order chi connectivity index (χ0) is 8.15. The van der Waals surface area contributed by atoms with Crippen molar-refractivity contribution in [3.8, 4) is 0 Å². The summed E-state index contributed by atoms with van der Waals surface area (Å²) in [6.07, 6.45) is 0.739. The molecule has 0 aromatic heterocycles. The fourth-order valence-electron chi connectivity index (χ4n) is 1.03. The quantitative estimate of drug-likeness (QED) is 0.622. The molecule has 2 N–H and O–H groups in total. The van der Waals surface area contributed by atoms with Crippen molar-refractivity contribution in [3.05, 3.63) is 0 Å². The molecule has 0 aliphatic carbocycles. The van der Waals surface area contributed by atoms with Crippen LogP contribution in [0.1, 0.15) is 34.1 Å². The summed E-state index contributed by atoms with van der Waals surface area (Å²) >= 11 is 0. The first kappa shape index (κ1) is 9.92. The first-order valence-corrected chi connectivity index (χ1v) is 4.02. The average Bonchev–Trinajstić information content (AvgIpc) is 1.81. The van der Waals surface area contributed by atoms with Crippen molar-refractivity contribution in [3.63, 3.8) is 0 Å². The van der Waals surface area contributed by atoms with E-state index in [9.17, 15) is 5.11 Å². The molecule has 0 aromatic carbocycles. The van der Waals surface area contributed by atoms with Crippen molar-refractivity contribution in [2.75, 3.05) is 0 Å². The van der Waals surface area contributed by atoms with Crippen LogP contribution in [0, 0.1) is 0 Å². The van der Waals surface area contributed by atoms with Gasteiger partial charge in [-0.25, -0.2) is 0 Å². The third-order valence-corrected chi connectivity index (χ3v) is 1.57. The Morgan fingerprint density at radius 3 is 1.90 bits per heavy atom. The van der Waals surface area contributed by atoms with Crippen LogP contribution in [-0.2, 0) is 0 Å². The Hall–Kier alpha value is -0.0800. The van der Waals surface area contributed by atoms with Crippen LogP contribution in [0.25, 0.3) is 0 Å². The van der Waals surface area contributed by atoms with Crippen LogP contribution in [0.2, 0.25) is 0 Å². The molecule has 0 saturated carbocycles. The smallest absolute Gasteiger partial charge is 0.0665 e. The molecule has 0 rings (SSSR count). The lowest BCUT2D eigenvalue weighted by molar-refractivity contribution is 0.138. The number of rotatable bonds is 4. The second-order valence-electron chi connectivity index (χ2n) is 3.08. The van der Waals surface area contributed by atoms with E-state index >= 15 is 0 Å². The second kappa shape index (κ2) is 4.69. The van der Waals surface area contributed by atoms with E-state index in [1.807, 2.05) is 6.92 Å². The maximum atomic E-state index is 9.20. The minimum atomic E-state index is -0.243. The van der Waals surface area contributed by atoms with Crippen molar-refractivity contribution in [2.45, 2.75) is 52.3 Å². The Labute approximate surface area is 63.6 Å². The van der Waals surface area contributed by atoms with Crippen LogP contribution in [0.3, 0.4) is 0 Å². The van der Waals surface area contributed by atoms with Gasteiger partial charge in [-0.15, -0.1) is 0 Å². The van der Waals surface area contributed by atoms with E-state index in [2.05, 4.69) is 26.1 Å². The molecule has 0 bridgehead atoms. The Bertz CT molecular complexity index is 81.3. The minimum Gasteiger partial charge on any atom is -0.392 e. The van der Waals surface area contributed by atoms with E-state index in [0.717, 1.165) is 6.42 Å². The lowest BCUT2D eigenvalue weighted by Gasteiger charge is -2.22. The molecule has 0 fully saturated rings. The van der Waals surface area contributed by atoms with Gasteiger partial charge in [0, 0.05) is 12.1 Å². The predicted molar refractivity (Wildman–Crippen MR) is 44.0 cm³/mol. The van der Waals surface area contributed by atoms with Crippen molar-refractivity contribution in [1.82, 2.24) is 5.32 Å². The summed E-state index contributed by atoms with van der Waals surface area (Å²) in [5.74, 6) is 0. The van der Waals surface area contributed by atoms with Gasteiger partial charge in [-0.3, -0.25) is 0 Å². The van der Waals surface area contributed by atoms with Crippen molar-refractivity contribution in [2.24, 2.45) is 0 Å². The summed E-state index contributed by atoms with van der Waals surface area (Å²) in [6.45, 7) is 8.08. The number of aliphatic hydroxyl groups is 1. The Morgan fingerprint density at radius 1 is 1.30 bits per heavy atom. The molecule has 0 heterocycles. The van der Waals surface area contributed by atoms with Gasteiger partial charge in [0.15, 0.2) is 0 Å². The molecule has 0 aromatic rings. The van der Waals surface area contributed by atoms with Gasteiger partial charge in [0.2, 0.25) is 0 Å². The monoisotopic (exact) mass is 145 g/mol. The van der Waals surface area contributed by atoms with E-state index in [-0.39, 0.29) is 12.1 Å². The molecule has 0 saturated heterocycles. The number of hydrogen-bond donors (Lipinski definition) is 2. The third kappa shape index (κ3) is 3.85. The van der Waals surface area contributed by atoms with Gasteiger partial charge >= 0.3 is 0 Å². The van der Waals surface area contributed by atoms with E-state index in [1.165, 1.54) is 0 Å². The largest absolute Gasteiger partial charge is 0.392 e.